The summed E-state index contributed by atoms with van der Waals surface area (Å²) in [4.78, 5) is 24.8. The third kappa shape index (κ3) is 2.66. The number of halogens is 1. The van der Waals surface area contributed by atoms with E-state index < -0.39 is 5.97 Å². The molecule has 2 aliphatic rings. The van der Waals surface area contributed by atoms with Crippen LogP contribution >= 0.6 is 11.6 Å². The first kappa shape index (κ1) is 13.4. The van der Waals surface area contributed by atoms with Crippen molar-refractivity contribution in [2.75, 3.05) is 6.54 Å². The molecule has 4 nitrogen and oxygen atoms in total. The molecule has 20 heavy (non-hydrogen) atoms. The summed E-state index contributed by atoms with van der Waals surface area (Å²) < 4.78 is 0. The quantitative estimate of drug-likeness (QED) is 0.907. The van der Waals surface area contributed by atoms with Crippen molar-refractivity contribution >= 4 is 23.5 Å². The minimum atomic E-state index is -0.974. The van der Waals surface area contributed by atoms with Crippen LogP contribution in [0.5, 0.6) is 0 Å². The molecule has 0 saturated heterocycles. The highest BCUT2D eigenvalue weighted by Gasteiger charge is 2.66. The second-order valence-electron chi connectivity index (χ2n) is 5.83. The van der Waals surface area contributed by atoms with Gasteiger partial charge in [0.15, 0.2) is 0 Å². The van der Waals surface area contributed by atoms with Crippen molar-refractivity contribution in [3.8, 4) is 0 Å². The van der Waals surface area contributed by atoms with Gasteiger partial charge < -0.3 is 10.0 Å². The standard InChI is InChI=1S/C15H16ClNO3/c16-11-3-1-10(2-4-11)8-17(9-13(18)19)14(20)12-7-15(12)5-6-15/h1-4,12H,5-9H2,(H,18,19). The highest BCUT2D eigenvalue weighted by Crippen LogP contribution is 2.70. The maximum Gasteiger partial charge on any atom is 0.323 e. The fourth-order valence-corrected chi connectivity index (χ4v) is 2.94. The number of hydrogen-bond acceptors (Lipinski definition) is 2. The molecule has 1 aromatic carbocycles. The average molecular weight is 294 g/mol. The summed E-state index contributed by atoms with van der Waals surface area (Å²) in [5.41, 5.74) is 1.14. The first-order valence-electron chi connectivity index (χ1n) is 6.75. The summed E-state index contributed by atoms with van der Waals surface area (Å²) in [5.74, 6) is -0.938. The third-order valence-electron chi connectivity index (χ3n) is 4.30. The van der Waals surface area contributed by atoms with E-state index in [2.05, 4.69) is 0 Å². The second-order valence-corrected chi connectivity index (χ2v) is 6.27. The van der Waals surface area contributed by atoms with E-state index in [0.29, 0.717) is 11.6 Å². The minimum Gasteiger partial charge on any atom is -0.480 e. The van der Waals surface area contributed by atoms with E-state index in [1.54, 1.807) is 12.1 Å². The van der Waals surface area contributed by atoms with Gasteiger partial charge in [0.25, 0.3) is 0 Å². The SMILES string of the molecule is O=C(O)CN(Cc1ccc(Cl)cc1)C(=O)C1CC12CC2. The minimum absolute atomic E-state index is 0.0140. The van der Waals surface area contributed by atoms with E-state index in [9.17, 15) is 9.59 Å². The molecule has 1 spiro atoms. The Bertz CT molecular complexity index is 551. The molecule has 3 rings (SSSR count). The Labute approximate surface area is 122 Å². The van der Waals surface area contributed by atoms with E-state index in [-0.39, 0.29) is 23.8 Å². The summed E-state index contributed by atoms with van der Waals surface area (Å²) in [5, 5.41) is 9.62. The van der Waals surface area contributed by atoms with Crippen molar-refractivity contribution in [2.45, 2.75) is 25.8 Å². The number of hydrogen-bond donors (Lipinski definition) is 1. The number of rotatable bonds is 5. The van der Waals surface area contributed by atoms with Gasteiger partial charge in [0, 0.05) is 17.5 Å². The fourth-order valence-electron chi connectivity index (χ4n) is 2.82. The number of amides is 1. The van der Waals surface area contributed by atoms with Gasteiger partial charge in [-0.25, -0.2) is 0 Å². The lowest BCUT2D eigenvalue weighted by atomic mass is 10.2. The predicted molar refractivity (Wildman–Crippen MR) is 74.3 cm³/mol. The molecule has 1 atom stereocenters. The molecule has 2 fully saturated rings. The Hall–Kier alpha value is -1.55. The lowest BCUT2D eigenvalue weighted by Gasteiger charge is -2.21. The number of nitrogens with zero attached hydrogens (tertiary/aromatic N) is 1. The van der Waals surface area contributed by atoms with E-state index in [1.807, 2.05) is 12.1 Å². The molecule has 1 amide bonds. The van der Waals surface area contributed by atoms with Gasteiger partial charge in [0.05, 0.1) is 0 Å². The van der Waals surface area contributed by atoms with Crippen LogP contribution in [-0.4, -0.2) is 28.4 Å². The summed E-state index contributed by atoms with van der Waals surface area (Å²) in [6.07, 6.45) is 3.17. The van der Waals surface area contributed by atoms with Gasteiger partial charge >= 0.3 is 5.97 Å². The molecule has 0 aliphatic heterocycles. The zero-order valence-electron chi connectivity index (χ0n) is 11.0. The van der Waals surface area contributed by atoms with Gasteiger partial charge in [-0.1, -0.05) is 23.7 Å². The second kappa shape index (κ2) is 4.77. The van der Waals surface area contributed by atoms with Gasteiger partial charge in [0.2, 0.25) is 5.91 Å². The number of benzene rings is 1. The normalized spacial score (nSPS) is 21.6. The summed E-state index contributed by atoms with van der Waals surface area (Å²) in [6, 6.07) is 7.15. The van der Waals surface area contributed by atoms with Crippen LogP contribution in [0.25, 0.3) is 0 Å². The number of carbonyl (C=O) groups is 2. The zero-order chi connectivity index (χ0) is 14.3. The highest BCUT2D eigenvalue weighted by molar-refractivity contribution is 6.30. The first-order valence-corrected chi connectivity index (χ1v) is 7.13. The van der Waals surface area contributed by atoms with Gasteiger partial charge in [0.1, 0.15) is 6.54 Å². The molecular weight excluding hydrogens is 278 g/mol. The van der Waals surface area contributed by atoms with Crippen LogP contribution in [0.3, 0.4) is 0 Å². The monoisotopic (exact) mass is 293 g/mol. The fraction of sp³-hybridized carbons (Fsp3) is 0.467. The van der Waals surface area contributed by atoms with Crippen LogP contribution in [0.4, 0.5) is 0 Å². The molecule has 0 heterocycles. The Kier molecular flexibility index (Phi) is 3.21. The van der Waals surface area contributed by atoms with Gasteiger partial charge in [-0.05, 0) is 42.4 Å². The Morgan fingerprint density at radius 1 is 1.30 bits per heavy atom. The van der Waals surface area contributed by atoms with E-state index in [1.165, 1.54) is 4.90 Å². The van der Waals surface area contributed by atoms with Gasteiger partial charge in [-0.15, -0.1) is 0 Å². The molecule has 1 N–H and O–H groups in total. The Morgan fingerprint density at radius 2 is 1.95 bits per heavy atom. The molecule has 0 radical (unpaired) electrons. The van der Waals surface area contributed by atoms with Crippen molar-refractivity contribution in [3.63, 3.8) is 0 Å². The van der Waals surface area contributed by atoms with E-state index >= 15 is 0 Å². The maximum atomic E-state index is 12.4. The third-order valence-corrected chi connectivity index (χ3v) is 4.56. The van der Waals surface area contributed by atoms with Gasteiger partial charge in [-0.3, -0.25) is 9.59 Å². The van der Waals surface area contributed by atoms with Crippen LogP contribution in [0, 0.1) is 11.3 Å². The average Bonchev–Trinajstić information content (AvgIpc) is 3.31. The van der Waals surface area contributed by atoms with Crippen LogP contribution in [0.2, 0.25) is 5.02 Å². The molecule has 1 unspecified atom stereocenters. The van der Waals surface area contributed by atoms with Crippen molar-refractivity contribution in [1.29, 1.82) is 0 Å². The van der Waals surface area contributed by atoms with Crippen LogP contribution < -0.4 is 0 Å². The summed E-state index contributed by atoms with van der Waals surface area (Å²) in [6.45, 7) is 0.0862. The first-order chi connectivity index (χ1) is 9.50. The van der Waals surface area contributed by atoms with E-state index in [4.69, 9.17) is 16.7 Å². The molecule has 0 bridgehead atoms. The smallest absolute Gasteiger partial charge is 0.323 e. The molecule has 106 valence electrons. The number of carboxylic acids is 1. The topological polar surface area (TPSA) is 57.6 Å². The summed E-state index contributed by atoms with van der Waals surface area (Å²) in [7, 11) is 0. The predicted octanol–water partition coefficient (Wildman–Crippen LogP) is 2.55. The number of carbonyl (C=O) groups excluding carboxylic acids is 1. The van der Waals surface area contributed by atoms with Crippen LogP contribution in [0.15, 0.2) is 24.3 Å². The van der Waals surface area contributed by atoms with E-state index in [0.717, 1.165) is 24.8 Å². The number of carboxylic acid groups (broad SMARTS) is 1. The molecular formula is C15H16ClNO3. The van der Waals surface area contributed by atoms with Crippen molar-refractivity contribution in [2.24, 2.45) is 11.3 Å². The molecule has 2 aliphatic carbocycles. The molecule has 0 aromatic heterocycles. The van der Waals surface area contributed by atoms with Crippen LogP contribution in [-0.2, 0) is 16.1 Å². The highest BCUT2D eigenvalue weighted by atomic mass is 35.5. The molecule has 1 aromatic rings. The van der Waals surface area contributed by atoms with Crippen LogP contribution in [0.1, 0.15) is 24.8 Å². The lowest BCUT2D eigenvalue weighted by molar-refractivity contribution is -0.145. The van der Waals surface area contributed by atoms with Crippen molar-refractivity contribution in [1.82, 2.24) is 4.90 Å². The Morgan fingerprint density at radius 3 is 2.45 bits per heavy atom. The zero-order valence-corrected chi connectivity index (χ0v) is 11.8. The van der Waals surface area contributed by atoms with Gasteiger partial charge in [-0.2, -0.15) is 0 Å². The number of aliphatic carboxylic acids is 1. The largest absolute Gasteiger partial charge is 0.480 e. The lowest BCUT2D eigenvalue weighted by Crippen LogP contribution is -2.36. The van der Waals surface area contributed by atoms with Crippen molar-refractivity contribution in [3.05, 3.63) is 34.9 Å². The van der Waals surface area contributed by atoms with Crippen molar-refractivity contribution < 1.29 is 14.7 Å². The molecule has 5 heteroatoms. The summed E-state index contributed by atoms with van der Waals surface area (Å²) >= 11 is 5.83. The Balaban J connectivity index is 1.70. The maximum absolute atomic E-state index is 12.4. The molecule has 2 saturated carbocycles.